The standard InChI is InChI=1S/C14H23N5O/c1-2-12(9-15)18-5-7-19(8-6-18)13-4-3-11(10-17-13)14(16)20/h3-4,10,12H,2,5-9,15H2,1H3,(H2,16,20). The largest absolute Gasteiger partial charge is 0.366 e. The van der Waals surface area contributed by atoms with E-state index in [9.17, 15) is 4.79 Å². The van der Waals surface area contributed by atoms with E-state index in [2.05, 4.69) is 21.7 Å². The number of rotatable bonds is 5. The maximum absolute atomic E-state index is 11.0. The summed E-state index contributed by atoms with van der Waals surface area (Å²) in [6.07, 6.45) is 2.63. The van der Waals surface area contributed by atoms with E-state index in [0.29, 0.717) is 18.2 Å². The third kappa shape index (κ3) is 3.26. The van der Waals surface area contributed by atoms with Crippen LogP contribution in [0, 0.1) is 0 Å². The van der Waals surface area contributed by atoms with Crippen molar-refractivity contribution in [2.75, 3.05) is 37.6 Å². The van der Waals surface area contributed by atoms with Crippen LogP contribution in [0.1, 0.15) is 23.7 Å². The van der Waals surface area contributed by atoms with Crippen molar-refractivity contribution in [1.82, 2.24) is 9.88 Å². The first kappa shape index (κ1) is 14.7. The third-order valence-electron chi connectivity index (χ3n) is 3.93. The van der Waals surface area contributed by atoms with Crippen LogP contribution in [0.5, 0.6) is 0 Å². The maximum atomic E-state index is 11.0. The van der Waals surface area contributed by atoms with E-state index in [1.165, 1.54) is 0 Å². The molecule has 0 spiro atoms. The number of amides is 1. The molecule has 2 heterocycles. The van der Waals surface area contributed by atoms with Crippen molar-refractivity contribution >= 4 is 11.7 Å². The van der Waals surface area contributed by atoms with Gasteiger partial charge < -0.3 is 16.4 Å². The minimum Gasteiger partial charge on any atom is -0.366 e. The zero-order chi connectivity index (χ0) is 14.5. The number of carbonyl (C=O) groups is 1. The van der Waals surface area contributed by atoms with Crippen molar-refractivity contribution < 1.29 is 4.79 Å². The molecule has 6 nitrogen and oxygen atoms in total. The van der Waals surface area contributed by atoms with Crippen LogP contribution < -0.4 is 16.4 Å². The summed E-state index contributed by atoms with van der Waals surface area (Å²) in [7, 11) is 0. The van der Waals surface area contributed by atoms with Crippen molar-refractivity contribution in [3.05, 3.63) is 23.9 Å². The van der Waals surface area contributed by atoms with Gasteiger partial charge in [0, 0.05) is 45.0 Å². The van der Waals surface area contributed by atoms with E-state index in [1.807, 2.05) is 6.07 Å². The molecule has 1 aliphatic heterocycles. The molecule has 20 heavy (non-hydrogen) atoms. The lowest BCUT2D eigenvalue weighted by Crippen LogP contribution is -2.52. The Balaban J connectivity index is 1.95. The van der Waals surface area contributed by atoms with E-state index in [4.69, 9.17) is 11.5 Å². The van der Waals surface area contributed by atoms with Gasteiger partial charge in [-0.05, 0) is 18.6 Å². The van der Waals surface area contributed by atoms with Gasteiger partial charge >= 0.3 is 0 Å². The molecule has 1 unspecified atom stereocenters. The average Bonchev–Trinajstić information content (AvgIpc) is 2.49. The molecule has 1 aromatic heterocycles. The Labute approximate surface area is 119 Å². The smallest absolute Gasteiger partial charge is 0.250 e. The van der Waals surface area contributed by atoms with Crippen LogP contribution in [0.3, 0.4) is 0 Å². The Morgan fingerprint density at radius 1 is 1.35 bits per heavy atom. The summed E-state index contributed by atoms with van der Waals surface area (Å²) in [6.45, 7) is 6.73. The molecule has 6 heteroatoms. The predicted molar refractivity (Wildman–Crippen MR) is 79.7 cm³/mol. The summed E-state index contributed by atoms with van der Waals surface area (Å²) >= 11 is 0. The summed E-state index contributed by atoms with van der Waals surface area (Å²) < 4.78 is 0. The second-order valence-electron chi connectivity index (χ2n) is 5.09. The van der Waals surface area contributed by atoms with Crippen LogP contribution in [-0.2, 0) is 0 Å². The highest BCUT2D eigenvalue weighted by Crippen LogP contribution is 2.15. The van der Waals surface area contributed by atoms with Crippen LogP contribution in [0.4, 0.5) is 5.82 Å². The molecule has 1 saturated heterocycles. The number of aromatic nitrogens is 1. The van der Waals surface area contributed by atoms with E-state index in [0.717, 1.165) is 38.4 Å². The zero-order valence-electron chi connectivity index (χ0n) is 12.0. The molecule has 0 aliphatic carbocycles. The third-order valence-corrected chi connectivity index (χ3v) is 3.93. The fourth-order valence-corrected chi connectivity index (χ4v) is 2.61. The van der Waals surface area contributed by atoms with Crippen LogP contribution in [0.2, 0.25) is 0 Å². The van der Waals surface area contributed by atoms with Gasteiger partial charge in [0.05, 0.1) is 5.56 Å². The van der Waals surface area contributed by atoms with Crippen molar-refractivity contribution in [3.63, 3.8) is 0 Å². The van der Waals surface area contributed by atoms with Gasteiger partial charge in [-0.1, -0.05) is 6.92 Å². The lowest BCUT2D eigenvalue weighted by Gasteiger charge is -2.39. The summed E-state index contributed by atoms with van der Waals surface area (Å²) in [6, 6.07) is 4.06. The fraction of sp³-hybridized carbons (Fsp3) is 0.571. The van der Waals surface area contributed by atoms with Crippen LogP contribution >= 0.6 is 0 Å². The number of piperazine rings is 1. The monoisotopic (exact) mass is 277 g/mol. The Morgan fingerprint density at radius 3 is 2.50 bits per heavy atom. The quantitative estimate of drug-likeness (QED) is 0.793. The molecular formula is C14H23N5O. The minimum atomic E-state index is -0.442. The first-order valence-corrected chi connectivity index (χ1v) is 7.10. The number of hydrogen-bond acceptors (Lipinski definition) is 5. The second-order valence-corrected chi connectivity index (χ2v) is 5.09. The first-order chi connectivity index (χ1) is 9.65. The Hall–Kier alpha value is -1.66. The molecule has 110 valence electrons. The highest BCUT2D eigenvalue weighted by atomic mass is 16.1. The Bertz CT molecular complexity index is 435. The predicted octanol–water partition coefficient (Wildman–Crippen LogP) is 0.0398. The van der Waals surface area contributed by atoms with E-state index in [1.54, 1.807) is 12.3 Å². The number of nitrogens with zero attached hydrogens (tertiary/aromatic N) is 3. The molecule has 4 N–H and O–H groups in total. The minimum absolute atomic E-state index is 0.442. The second kappa shape index (κ2) is 6.67. The number of hydrogen-bond donors (Lipinski definition) is 2. The van der Waals surface area contributed by atoms with Crippen LogP contribution in [-0.4, -0.2) is 54.6 Å². The topological polar surface area (TPSA) is 88.5 Å². The SMILES string of the molecule is CCC(CN)N1CCN(c2ccc(C(N)=O)cn2)CC1. The first-order valence-electron chi connectivity index (χ1n) is 7.10. The molecule has 0 bridgehead atoms. The average molecular weight is 277 g/mol. The summed E-state index contributed by atoms with van der Waals surface area (Å²) in [5.74, 6) is 0.457. The lowest BCUT2D eigenvalue weighted by atomic mass is 10.1. The number of carbonyl (C=O) groups excluding carboxylic acids is 1. The highest BCUT2D eigenvalue weighted by molar-refractivity contribution is 5.92. The van der Waals surface area contributed by atoms with Crippen LogP contribution in [0.25, 0.3) is 0 Å². The molecule has 1 aliphatic rings. The molecule has 1 atom stereocenters. The van der Waals surface area contributed by atoms with Gasteiger partial charge in [0.15, 0.2) is 0 Å². The van der Waals surface area contributed by atoms with E-state index >= 15 is 0 Å². The number of pyridine rings is 1. The van der Waals surface area contributed by atoms with Gasteiger partial charge in [-0.2, -0.15) is 0 Å². The molecule has 0 saturated carbocycles. The molecule has 1 aromatic rings. The molecule has 1 fully saturated rings. The van der Waals surface area contributed by atoms with Crippen molar-refractivity contribution in [2.45, 2.75) is 19.4 Å². The van der Waals surface area contributed by atoms with Gasteiger partial charge in [0.1, 0.15) is 5.82 Å². The van der Waals surface area contributed by atoms with Gasteiger partial charge in [-0.15, -0.1) is 0 Å². The summed E-state index contributed by atoms with van der Waals surface area (Å²) in [5.41, 5.74) is 11.5. The van der Waals surface area contributed by atoms with Crippen molar-refractivity contribution in [2.24, 2.45) is 11.5 Å². The Morgan fingerprint density at radius 2 is 2.05 bits per heavy atom. The van der Waals surface area contributed by atoms with Crippen molar-refractivity contribution in [3.8, 4) is 0 Å². The van der Waals surface area contributed by atoms with Crippen LogP contribution in [0.15, 0.2) is 18.3 Å². The van der Waals surface area contributed by atoms with Gasteiger partial charge in [0.25, 0.3) is 0 Å². The number of nitrogens with two attached hydrogens (primary N) is 2. The van der Waals surface area contributed by atoms with E-state index in [-0.39, 0.29) is 0 Å². The maximum Gasteiger partial charge on any atom is 0.250 e. The molecule has 0 radical (unpaired) electrons. The molecule has 2 rings (SSSR count). The molecular weight excluding hydrogens is 254 g/mol. The molecule has 1 amide bonds. The molecule has 0 aromatic carbocycles. The number of anilines is 1. The normalized spacial score (nSPS) is 18.0. The lowest BCUT2D eigenvalue weighted by molar-refractivity contribution is 0.1000. The fourth-order valence-electron chi connectivity index (χ4n) is 2.61. The number of primary amides is 1. The van der Waals surface area contributed by atoms with Crippen molar-refractivity contribution in [1.29, 1.82) is 0 Å². The Kier molecular flexibility index (Phi) is 4.92. The van der Waals surface area contributed by atoms with E-state index < -0.39 is 5.91 Å². The van der Waals surface area contributed by atoms with Gasteiger partial charge in [0.2, 0.25) is 5.91 Å². The van der Waals surface area contributed by atoms with Gasteiger partial charge in [-0.25, -0.2) is 4.98 Å². The van der Waals surface area contributed by atoms with Gasteiger partial charge in [-0.3, -0.25) is 9.69 Å². The summed E-state index contributed by atoms with van der Waals surface area (Å²) in [5, 5.41) is 0. The highest BCUT2D eigenvalue weighted by Gasteiger charge is 2.22. The summed E-state index contributed by atoms with van der Waals surface area (Å²) in [4.78, 5) is 20.0. The zero-order valence-corrected chi connectivity index (χ0v) is 12.0.